The van der Waals surface area contributed by atoms with Crippen molar-refractivity contribution in [1.82, 2.24) is 0 Å². The maximum absolute atomic E-state index is 2.51. The lowest BCUT2D eigenvalue weighted by molar-refractivity contribution is -0.599. The molecule has 0 fully saturated rings. The molecule has 1 aromatic heterocycles. The first-order valence-electron chi connectivity index (χ1n) is 11.7. The number of rotatable bonds is 2. The van der Waals surface area contributed by atoms with E-state index in [1.807, 2.05) is 11.3 Å². The van der Waals surface area contributed by atoms with Crippen molar-refractivity contribution in [2.45, 2.75) is 91.4 Å². The number of hydrogen-bond acceptors (Lipinski definition) is 1. The summed E-state index contributed by atoms with van der Waals surface area (Å²) < 4.78 is 2.51. The van der Waals surface area contributed by atoms with E-state index in [4.69, 9.17) is 0 Å². The molecule has 1 heterocycles. The molecule has 0 aliphatic heterocycles. The van der Waals surface area contributed by atoms with Crippen molar-refractivity contribution >= 4 is 11.3 Å². The molecule has 3 aromatic rings. The number of aromatic nitrogens is 1. The van der Waals surface area contributed by atoms with Crippen LogP contribution in [-0.2, 0) is 17.3 Å². The Bertz CT molecular complexity index is 1080. The second-order valence-corrected chi connectivity index (χ2v) is 12.4. The molecule has 0 saturated carbocycles. The molecule has 1 aliphatic rings. The molecule has 0 amide bonds. The van der Waals surface area contributed by atoms with Gasteiger partial charge in [0, 0.05) is 12.0 Å². The maximum atomic E-state index is 2.51. The molecule has 0 bridgehead atoms. The Morgan fingerprint density at radius 1 is 0.938 bits per heavy atom. The molecule has 0 spiro atoms. The van der Waals surface area contributed by atoms with Crippen LogP contribution >= 0.6 is 11.3 Å². The minimum Gasteiger partial charge on any atom is -1.00 e. The highest BCUT2D eigenvalue weighted by molar-refractivity contribution is 7.09. The van der Waals surface area contributed by atoms with Gasteiger partial charge in [0.25, 0.3) is 0 Å². The second-order valence-electron chi connectivity index (χ2n) is 11.5. The van der Waals surface area contributed by atoms with Crippen LogP contribution in [0.3, 0.4) is 0 Å². The summed E-state index contributed by atoms with van der Waals surface area (Å²) in [5, 5.41) is 0. The molecule has 32 heavy (non-hydrogen) atoms. The number of para-hydroxylation sites is 1. The molecule has 1 aliphatic carbocycles. The molecule has 0 radical (unpaired) electrons. The fraction of sp³-hybridized carbons (Fsp3) is 0.483. The Labute approximate surface area is 205 Å². The van der Waals surface area contributed by atoms with Crippen LogP contribution in [0.4, 0.5) is 0 Å². The Balaban J connectivity index is 0.00000289. The van der Waals surface area contributed by atoms with Crippen LogP contribution in [0.15, 0.2) is 41.9 Å². The molecular weight excluding hydrogens is 430 g/mol. The van der Waals surface area contributed by atoms with E-state index in [1.165, 1.54) is 58.5 Å². The summed E-state index contributed by atoms with van der Waals surface area (Å²) in [4.78, 5) is 1.58. The van der Waals surface area contributed by atoms with Gasteiger partial charge in [-0.2, -0.15) is 4.57 Å². The van der Waals surface area contributed by atoms with Crippen molar-refractivity contribution < 1.29 is 17.0 Å². The largest absolute Gasteiger partial charge is 1.00 e. The van der Waals surface area contributed by atoms with Crippen LogP contribution in [0.1, 0.15) is 94.5 Å². The highest BCUT2D eigenvalue weighted by Gasteiger charge is 2.31. The van der Waals surface area contributed by atoms with Gasteiger partial charge in [-0.1, -0.05) is 90.1 Å². The number of hydrogen-bond donors (Lipinski definition) is 0. The third kappa shape index (κ3) is 4.68. The number of fused-ring (bicyclic) bond motifs is 1. The van der Waals surface area contributed by atoms with Gasteiger partial charge in [0.1, 0.15) is 0 Å². The quantitative estimate of drug-likeness (QED) is 0.465. The van der Waals surface area contributed by atoms with E-state index >= 15 is 0 Å². The molecule has 4 rings (SSSR count). The predicted molar refractivity (Wildman–Crippen MR) is 135 cm³/mol. The molecular formula is C29H38ClNS. The third-order valence-electron chi connectivity index (χ3n) is 6.81. The molecule has 2 aromatic carbocycles. The van der Waals surface area contributed by atoms with Crippen molar-refractivity contribution in [2.75, 3.05) is 0 Å². The zero-order valence-electron chi connectivity index (χ0n) is 21.0. The van der Waals surface area contributed by atoms with Crippen molar-refractivity contribution in [1.29, 1.82) is 0 Å². The summed E-state index contributed by atoms with van der Waals surface area (Å²) in [5.74, 6) is 0.680. The fourth-order valence-corrected chi connectivity index (χ4v) is 5.90. The topological polar surface area (TPSA) is 3.88 Å². The minimum atomic E-state index is 0. The van der Waals surface area contributed by atoms with E-state index in [9.17, 15) is 0 Å². The maximum Gasteiger partial charge on any atom is 0.231 e. The van der Waals surface area contributed by atoms with Crippen molar-refractivity contribution in [3.8, 4) is 16.8 Å². The first-order chi connectivity index (χ1) is 14.5. The van der Waals surface area contributed by atoms with E-state index in [1.54, 1.807) is 4.88 Å². The highest BCUT2D eigenvalue weighted by atomic mass is 35.5. The van der Waals surface area contributed by atoms with Gasteiger partial charge >= 0.3 is 0 Å². The average molecular weight is 468 g/mol. The summed E-state index contributed by atoms with van der Waals surface area (Å²) in [5.41, 5.74) is 12.3. The lowest BCUT2D eigenvalue weighted by Crippen LogP contribution is -3.00. The minimum absolute atomic E-state index is 0. The molecule has 172 valence electrons. The number of aryl methyl sites for hydroxylation is 1. The van der Waals surface area contributed by atoms with Crippen molar-refractivity contribution in [3.05, 3.63) is 69.2 Å². The fourth-order valence-electron chi connectivity index (χ4n) is 4.76. The zero-order valence-corrected chi connectivity index (χ0v) is 22.5. The number of halogens is 1. The van der Waals surface area contributed by atoms with E-state index in [2.05, 4.69) is 102 Å². The molecule has 0 N–H and O–H groups in total. The van der Waals surface area contributed by atoms with E-state index < -0.39 is 0 Å². The zero-order chi connectivity index (χ0) is 22.6. The molecule has 1 nitrogen and oxygen atoms in total. The Kier molecular flexibility index (Phi) is 6.99. The SMILES string of the molecule is Cc1cccc(-c2cc(C(C)(C)C)cc(C(C)(C)C)c2)c1-[n+]1csc2c1CCCC2C.[Cl-]. The second kappa shape index (κ2) is 8.95. The van der Waals surface area contributed by atoms with Crippen molar-refractivity contribution in [2.24, 2.45) is 0 Å². The Morgan fingerprint density at radius 2 is 1.56 bits per heavy atom. The van der Waals surface area contributed by atoms with Crippen LogP contribution < -0.4 is 17.0 Å². The standard InChI is InChI=1S/C29H38NS.ClH/c1-19-11-9-13-24(26(19)30-18-31-27-20(2)12-10-14-25(27)30)21-15-22(28(3,4)5)17-23(16-21)29(6,7)8;/h9,11,13,15-18,20H,10,12,14H2,1-8H3;1H/q+1;/p-1. The highest BCUT2D eigenvalue weighted by Crippen LogP contribution is 2.38. The lowest BCUT2D eigenvalue weighted by Gasteiger charge is -2.26. The summed E-state index contributed by atoms with van der Waals surface area (Å²) in [6.45, 7) is 18.6. The van der Waals surface area contributed by atoms with E-state index in [0.29, 0.717) is 5.92 Å². The van der Waals surface area contributed by atoms with Gasteiger partial charge in [0.2, 0.25) is 16.9 Å². The van der Waals surface area contributed by atoms with Gasteiger partial charge in [0.05, 0.1) is 10.4 Å². The smallest absolute Gasteiger partial charge is 0.231 e. The number of nitrogens with zero attached hydrogens (tertiary/aromatic N) is 1. The number of thiazole rings is 1. The monoisotopic (exact) mass is 467 g/mol. The van der Waals surface area contributed by atoms with E-state index in [0.717, 1.165) is 0 Å². The van der Waals surface area contributed by atoms with Crippen LogP contribution in [0, 0.1) is 6.92 Å². The normalized spacial score (nSPS) is 16.4. The molecule has 0 saturated heterocycles. The first kappa shape index (κ1) is 25.0. The molecule has 3 heteroatoms. The van der Waals surface area contributed by atoms with Gasteiger partial charge in [-0.05, 0) is 59.3 Å². The Morgan fingerprint density at radius 3 is 2.16 bits per heavy atom. The summed E-state index contributed by atoms with van der Waals surface area (Å²) in [7, 11) is 0. The first-order valence-corrected chi connectivity index (χ1v) is 12.6. The predicted octanol–water partition coefficient (Wildman–Crippen LogP) is 5.04. The third-order valence-corrected chi connectivity index (χ3v) is 8.02. The summed E-state index contributed by atoms with van der Waals surface area (Å²) >= 11 is 1.95. The van der Waals surface area contributed by atoms with Crippen LogP contribution in [0.25, 0.3) is 16.8 Å². The van der Waals surface area contributed by atoms with Gasteiger partial charge in [-0.25, -0.2) is 0 Å². The average Bonchev–Trinajstić information content (AvgIpc) is 3.11. The van der Waals surface area contributed by atoms with Gasteiger partial charge in [-0.15, -0.1) is 0 Å². The number of benzene rings is 2. The summed E-state index contributed by atoms with van der Waals surface area (Å²) in [6, 6.07) is 14.1. The van der Waals surface area contributed by atoms with Gasteiger partial charge < -0.3 is 12.4 Å². The van der Waals surface area contributed by atoms with Gasteiger partial charge in [-0.3, -0.25) is 0 Å². The van der Waals surface area contributed by atoms with Crippen LogP contribution in [0.5, 0.6) is 0 Å². The van der Waals surface area contributed by atoms with E-state index in [-0.39, 0.29) is 23.2 Å². The van der Waals surface area contributed by atoms with Gasteiger partial charge in [0.15, 0.2) is 0 Å². The van der Waals surface area contributed by atoms with Crippen LogP contribution in [0.2, 0.25) is 0 Å². The van der Waals surface area contributed by atoms with Crippen LogP contribution in [-0.4, -0.2) is 0 Å². The summed E-state index contributed by atoms with van der Waals surface area (Å²) in [6.07, 6.45) is 3.79. The van der Waals surface area contributed by atoms with Crippen molar-refractivity contribution in [3.63, 3.8) is 0 Å². The molecule has 1 unspecified atom stereocenters. The molecule has 1 atom stereocenters. The lowest BCUT2D eigenvalue weighted by atomic mass is 9.78. The Hall–Kier alpha value is -1.64.